The minimum atomic E-state index is -0.861. The molecule has 0 aliphatic heterocycles. The first-order chi connectivity index (χ1) is 4.54. The van der Waals surface area contributed by atoms with Crippen LogP contribution >= 0.6 is 23.2 Å². The molecule has 56 valence electrons. The third kappa shape index (κ3) is 1.36. The fraction of sp³-hybridized carbons (Fsp3) is 0.429. The zero-order valence-electron chi connectivity index (χ0n) is 5.70. The molecule has 1 aliphatic carbocycles. The number of rotatable bonds is 0. The van der Waals surface area contributed by atoms with Crippen molar-refractivity contribution in [1.82, 2.24) is 0 Å². The summed E-state index contributed by atoms with van der Waals surface area (Å²) in [6, 6.07) is 0. The van der Waals surface area contributed by atoms with E-state index in [0.717, 1.165) is 5.57 Å². The molecular weight excluding hydrogens is 169 g/mol. The van der Waals surface area contributed by atoms with Crippen LogP contribution in [0.5, 0.6) is 0 Å². The minimum Gasteiger partial charge on any atom is -0.308 e. The van der Waals surface area contributed by atoms with Crippen molar-refractivity contribution in [3.8, 4) is 0 Å². The van der Waals surface area contributed by atoms with Crippen molar-refractivity contribution in [2.75, 3.05) is 0 Å². The van der Waals surface area contributed by atoms with Crippen LogP contribution in [0.4, 0.5) is 0 Å². The molecule has 3 heteroatoms. The van der Waals surface area contributed by atoms with E-state index in [4.69, 9.17) is 28.9 Å². The van der Waals surface area contributed by atoms with Crippen molar-refractivity contribution in [2.45, 2.75) is 18.3 Å². The molecule has 1 rings (SSSR count). The molecule has 1 aliphatic rings. The van der Waals surface area contributed by atoms with Crippen molar-refractivity contribution in [2.24, 2.45) is 5.73 Å². The summed E-state index contributed by atoms with van der Waals surface area (Å²) in [6.45, 7) is 1.89. The van der Waals surface area contributed by atoms with Gasteiger partial charge in [-0.1, -0.05) is 35.4 Å². The van der Waals surface area contributed by atoms with Crippen molar-refractivity contribution in [1.29, 1.82) is 0 Å². The molecule has 0 heterocycles. The summed E-state index contributed by atoms with van der Waals surface area (Å²) >= 11 is 11.7. The molecule has 0 aromatic heterocycles. The lowest BCUT2D eigenvalue weighted by Gasteiger charge is -2.23. The maximum absolute atomic E-state index is 5.85. The van der Waals surface area contributed by atoms with Crippen LogP contribution in [0.2, 0.25) is 0 Å². The highest BCUT2D eigenvalue weighted by Crippen LogP contribution is 2.33. The Bertz CT molecular complexity index is 204. The van der Waals surface area contributed by atoms with Crippen molar-refractivity contribution in [3.63, 3.8) is 0 Å². The number of allylic oxidation sites excluding steroid dienone is 2. The van der Waals surface area contributed by atoms with Gasteiger partial charge in [0, 0.05) is 6.42 Å². The Labute approximate surface area is 70.5 Å². The van der Waals surface area contributed by atoms with E-state index < -0.39 is 5.00 Å². The summed E-state index contributed by atoms with van der Waals surface area (Å²) in [4.78, 5) is -0.861. The van der Waals surface area contributed by atoms with E-state index in [1.165, 1.54) is 0 Å². The quantitative estimate of drug-likeness (QED) is 0.447. The van der Waals surface area contributed by atoms with Gasteiger partial charge in [0.2, 0.25) is 0 Å². The van der Waals surface area contributed by atoms with Crippen LogP contribution in [0.3, 0.4) is 0 Å². The maximum Gasteiger partial charge on any atom is 0.131 e. The van der Waals surface area contributed by atoms with Gasteiger partial charge in [0.15, 0.2) is 0 Å². The zero-order chi connectivity index (χ0) is 7.78. The van der Waals surface area contributed by atoms with E-state index in [-0.39, 0.29) is 0 Å². The molecule has 0 saturated heterocycles. The van der Waals surface area contributed by atoms with Gasteiger partial charge in [-0.2, -0.15) is 0 Å². The second kappa shape index (κ2) is 2.57. The van der Waals surface area contributed by atoms with Crippen LogP contribution < -0.4 is 5.73 Å². The Morgan fingerprint density at radius 1 is 1.70 bits per heavy atom. The van der Waals surface area contributed by atoms with Gasteiger partial charge in [-0.3, -0.25) is 0 Å². The molecule has 0 aromatic rings. The summed E-state index contributed by atoms with van der Waals surface area (Å²) in [5.74, 6) is 0. The smallest absolute Gasteiger partial charge is 0.131 e. The number of halogens is 2. The fourth-order valence-corrected chi connectivity index (χ4v) is 1.28. The lowest BCUT2D eigenvalue weighted by Crippen LogP contribution is -2.34. The van der Waals surface area contributed by atoms with E-state index in [0.29, 0.717) is 11.5 Å². The van der Waals surface area contributed by atoms with Crippen LogP contribution in [0, 0.1) is 0 Å². The van der Waals surface area contributed by atoms with Crippen LogP contribution in [0.1, 0.15) is 13.3 Å². The van der Waals surface area contributed by atoms with Gasteiger partial charge in [0.1, 0.15) is 5.00 Å². The predicted octanol–water partition coefficient (Wildman–Crippen LogP) is 2.35. The molecule has 0 amide bonds. The Balaban J connectivity index is 2.99. The molecule has 1 nitrogen and oxygen atoms in total. The SMILES string of the molecule is CC1=C(Cl)C(N)(Cl)CC=C1. The summed E-state index contributed by atoms with van der Waals surface area (Å²) < 4.78 is 0. The molecule has 0 bridgehead atoms. The summed E-state index contributed by atoms with van der Waals surface area (Å²) in [5, 5.41) is 0.552. The van der Waals surface area contributed by atoms with Crippen LogP contribution in [0.15, 0.2) is 22.8 Å². The fourth-order valence-electron chi connectivity index (χ4n) is 0.898. The average molecular weight is 178 g/mol. The van der Waals surface area contributed by atoms with Gasteiger partial charge >= 0.3 is 0 Å². The molecule has 2 N–H and O–H groups in total. The van der Waals surface area contributed by atoms with Gasteiger partial charge in [-0.15, -0.1) is 0 Å². The Hall–Kier alpha value is 0.0200. The molecule has 1 unspecified atom stereocenters. The number of alkyl halides is 1. The van der Waals surface area contributed by atoms with Crippen LogP contribution in [-0.2, 0) is 0 Å². The first-order valence-corrected chi connectivity index (χ1v) is 3.81. The van der Waals surface area contributed by atoms with E-state index in [2.05, 4.69) is 0 Å². The van der Waals surface area contributed by atoms with Gasteiger partial charge in [0.25, 0.3) is 0 Å². The third-order valence-electron chi connectivity index (χ3n) is 1.49. The number of hydrogen-bond donors (Lipinski definition) is 1. The Morgan fingerprint density at radius 2 is 2.30 bits per heavy atom. The Kier molecular flexibility index (Phi) is 2.09. The van der Waals surface area contributed by atoms with Crippen molar-refractivity contribution in [3.05, 3.63) is 22.8 Å². The minimum absolute atomic E-state index is 0.552. The van der Waals surface area contributed by atoms with Gasteiger partial charge in [-0.25, -0.2) is 0 Å². The van der Waals surface area contributed by atoms with E-state index in [1.54, 1.807) is 0 Å². The summed E-state index contributed by atoms with van der Waals surface area (Å²) in [6.07, 6.45) is 4.45. The predicted molar refractivity (Wildman–Crippen MR) is 45.1 cm³/mol. The second-order valence-electron chi connectivity index (χ2n) is 2.47. The maximum atomic E-state index is 5.85. The standard InChI is InChI=1S/C7H9Cl2N/c1-5-3-2-4-7(9,10)6(5)8/h2-3H,4,10H2,1H3. The molecule has 10 heavy (non-hydrogen) atoms. The topological polar surface area (TPSA) is 26.0 Å². The monoisotopic (exact) mass is 177 g/mol. The molecular formula is C7H9Cl2N. The largest absolute Gasteiger partial charge is 0.308 e. The summed E-state index contributed by atoms with van der Waals surface area (Å²) in [5.41, 5.74) is 6.59. The van der Waals surface area contributed by atoms with E-state index in [9.17, 15) is 0 Å². The van der Waals surface area contributed by atoms with Gasteiger partial charge in [-0.05, 0) is 12.5 Å². The van der Waals surface area contributed by atoms with E-state index >= 15 is 0 Å². The normalized spacial score (nSPS) is 33.2. The zero-order valence-corrected chi connectivity index (χ0v) is 7.21. The highest BCUT2D eigenvalue weighted by molar-refractivity contribution is 6.39. The second-order valence-corrected chi connectivity index (χ2v) is 3.52. The van der Waals surface area contributed by atoms with E-state index in [1.807, 2.05) is 19.1 Å². The lowest BCUT2D eigenvalue weighted by atomic mass is 10.0. The van der Waals surface area contributed by atoms with Gasteiger partial charge < -0.3 is 5.73 Å². The molecule has 1 atom stereocenters. The van der Waals surface area contributed by atoms with Crippen molar-refractivity contribution < 1.29 is 0 Å². The molecule has 0 spiro atoms. The molecule has 0 aromatic carbocycles. The number of nitrogens with two attached hydrogens (primary N) is 1. The average Bonchev–Trinajstić information content (AvgIpc) is 1.83. The Morgan fingerprint density at radius 3 is 2.70 bits per heavy atom. The highest BCUT2D eigenvalue weighted by Gasteiger charge is 2.27. The number of hydrogen-bond acceptors (Lipinski definition) is 1. The van der Waals surface area contributed by atoms with Crippen LogP contribution in [-0.4, -0.2) is 5.00 Å². The summed E-state index contributed by atoms with van der Waals surface area (Å²) in [7, 11) is 0. The van der Waals surface area contributed by atoms with Crippen LogP contribution in [0.25, 0.3) is 0 Å². The third-order valence-corrected chi connectivity index (χ3v) is 2.57. The lowest BCUT2D eigenvalue weighted by molar-refractivity contribution is 0.720. The first kappa shape index (κ1) is 8.12. The van der Waals surface area contributed by atoms with Gasteiger partial charge in [0.05, 0.1) is 5.03 Å². The molecule has 0 saturated carbocycles. The molecule has 0 fully saturated rings. The van der Waals surface area contributed by atoms with Crippen molar-refractivity contribution >= 4 is 23.2 Å². The first-order valence-electron chi connectivity index (χ1n) is 3.05. The molecule has 0 radical (unpaired) electrons. The highest BCUT2D eigenvalue weighted by atomic mass is 35.5.